The quantitative estimate of drug-likeness (QED) is 0.218. The molecule has 2 amide bonds. The Labute approximate surface area is 275 Å². The topological polar surface area (TPSA) is 108 Å². The molecule has 0 bridgehead atoms. The second-order valence-electron chi connectivity index (χ2n) is 12.0. The number of fused-ring (bicyclic) bond motifs is 3. The van der Waals surface area contributed by atoms with E-state index in [4.69, 9.17) is 28.2 Å². The molecule has 0 radical (unpaired) electrons. The molecule has 3 aromatic heterocycles. The molecule has 2 saturated heterocycles. The van der Waals surface area contributed by atoms with Gasteiger partial charge >= 0.3 is 6.03 Å². The van der Waals surface area contributed by atoms with Crippen LogP contribution >= 0.6 is 23.2 Å². The fraction of sp³-hybridized carbons (Fsp3) is 0.364. The molecule has 1 N–H and O–H groups in total. The number of carbonyl (C=O) groups is 1. The van der Waals surface area contributed by atoms with Gasteiger partial charge in [0.05, 0.1) is 27.7 Å². The number of pyridine rings is 1. The number of aryl methyl sites for hydroxylation is 1. The van der Waals surface area contributed by atoms with Crippen LogP contribution in [0.5, 0.6) is 0 Å². The highest BCUT2D eigenvalue weighted by molar-refractivity contribution is 6.43. The Bertz CT molecular complexity index is 2010. The summed E-state index contributed by atoms with van der Waals surface area (Å²) in [6, 6.07) is 11.2. The molecule has 2 atom stereocenters. The molecule has 2 aromatic carbocycles. The van der Waals surface area contributed by atoms with Crippen LogP contribution in [0.1, 0.15) is 49.0 Å². The van der Waals surface area contributed by atoms with E-state index < -0.39 is 5.82 Å². The lowest BCUT2D eigenvalue weighted by molar-refractivity contribution is 0.164. The van der Waals surface area contributed by atoms with E-state index in [2.05, 4.69) is 32.1 Å². The summed E-state index contributed by atoms with van der Waals surface area (Å²) >= 11 is 13.1. The number of halogens is 3. The maximum atomic E-state index is 17.2. The number of benzene rings is 2. The van der Waals surface area contributed by atoms with Gasteiger partial charge in [-0.15, -0.1) is 0 Å². The summed E-state index contributed by atoms with van der Waals surface area (Å²) in [7, 11) is 3.54. The number of nitrogens with one attached hydrogen (secondary N) is 1. The fourth-order valence-corrected chi connectivity index (χ4v) is 7.47. The van der Waals surface area contributed by atoms with Crippen molar-refractivity contribution in [3.63, 3.8) is 0 Å². The highest BCUT2D eigenvalue weighted by atomic mass is 35.5. The van der Waals surface area contributed by atoms with Gasteiger partial charge in [0.2, 0.25) is 0 Å². The zero-order valence-electron chi connectivity index (χ0n) is 25.5. The van der Waals surface area contributed by atoms with E-state index in [1.165, 1.54) is 6.33 Å². The first kappa shape index (κ1) is 30.4. The molecule has 5 heterocycles. The summed E-state index contributed by atoms with van der Waals surface area (Å²) in [4.78, 5) is 26.0. The van der Waals surface area contributed by atoms with Crippen molar-refractivity contribution in [1.82, 2.24) is 39.4 Å². The lowest BCUT2D eigenvalue weighted by Gasteiger charge is -2.30. The van der Waals surface area contributed by atoms with Crippen molar-refractivity contribution in [2.45, 2.75) is 44.2 Å². The second kappa shape index (κ2) is 12.2. The number of nitriles is 1. The Hall–Kier alpha value is -4.24. The first-order valence-electron chi connectivity index (χ1n) is 15.3. The van der Waals surface area contributed by atoms with E-state index in [0.29, 0.717) is 40.3 Å². The smallest absolute Gasteiger partial charge is 0.320 e. The third-order valence-electron chi connectivity index (χ3n) is 9.09. The number of likely N-dealkylation sites (tertiary alicyclic amines) is 1. The Morgan fingerprint density at radius 1 is 1.22 bits per heavy atom. The van der Waals surface area contributed by atoms with Crippen LogP contribution in [0.3, 0.4) is 0 Å². The van der Waals surface area contributed by atoms with Gasteiger partial charge in [0, 0.05) is 67.2 Å². The zero-order valence-corrected chi connectivity index (χ0v) is 27.0. The predicted octanol–water partition coefficient (Wildman–Crippen LogP) is 6.69. The SMILES string of the molecule is CN(C)C(=O)N1CCCC1c1cc2c(-n3cncn3)nc3c(F)c(-c4cccc(Cl)c4Cl)c(CCC#N)cc3c2n1C1CCNC1. The van der Waals surface area contributed by atoms with Crippen molar-refractivity contribution in [1.29, 1.82) is 5.26 Å². The molecular formula is C33H32Cl2FN9O. The van der Waals surface area contributed by atoms with Crippen LogP contribution in [0, 0.1) is 17.1 Å². The summed E-state index contributed by atoms with van der Waals surface area (Å²) in [6.45, 7) is 2.22. The van der Waals surface area contributed by atoms with Gasteiger partial charge in [0.1, 0.15) is 18.2 Å². The molecule has 2 aliphatic rings. The molecule has 7 rings (SSSR count). The molecule has 10 nitrogen and oxygen atoms in total. The van der Waals surface area contributed by atoms with E-state index in [-0.39, 0.29) is 40.6 Å². The number of hydrogen-bond acceptors (Lipinski definition) is 6. The molecule has 0 spiro atoms. The highest BCUT2D eigenvalue weighted by Crippen LogP contribution is 2.45. The molecule has 2 fully saturated rings. The number of amides is 2. The van der Waals surface area contributed by atoms with Gasteiger partial charge in [-0.1, -0.05) is 35.3 Å². The fourth-order valence-electron chi connectivity index (χ4n) is 7.08. The maximum Gasteiger partial charge on any atom is 0.320 e. The van der Waals surface area contributed by atoms with Crippen LogP contribution in [0.15, 0.2) is 43.0 Å². The molecule has 5 aromatic rings. The molecule has 0 saturated carbocycles. The zero-order chi connectivity index (χ0) is 32.1. The van der Waals surface area contributed by atoms with E-state index in [9.17, 15) is 10.1 Å². The van der Waals surface area contributed by atoms with Crippen molar-refractivity contribution in [2.24, 2.45) is 0 Å². The van der Waals surface area contributed by atoms with Crippen LogP contribution in [0.2, 0.25) is 10.0 Å². The van der Waals surface area contributed by atoms with E-state index in [1.807, 2.05) is 11.0 Å². The van der Waals surface area contributed by atoms with Crippen LogP contribution in [0.4, 0.5) is 9.18 Å². The highest BCUT2D eigenvalue weighted by Gasteiger charge is 2.36. The van der Waals surface area contributed by atoms with Gasteiger partial charge in [0.25, 0.3) is 0 Å². The number of carbonyl (C=O) groups excluding carboxylic acids is 1. The summed E-state index contributed by atoms with van der Waals surface area (Å²) in [6.07, 6.45) is 6.01. The minimum absolute atomic E-state index is 0.0452. The maximum absolute atomic E-state index is 17.2. The largest absolute Gasteiger partial charge is 0.337 e. The monoisotopic (exact) mass is 659 g/mol. The summed E-state index contributed by atoms with van der Waals surface area (Å²) in [5.41, 5.74) is 3.28. The van der Waals surface area contributed by atoms with Gasteiger partial charge in [-0.25, -0.2) is 23.8 Å². The van der Waals surface area contributed by atoms with Crippen molar-refractivity contribution in [2.75, 3.05) is 33.7 Å². The van der Waals surface area contributed by atoms with Crippen molar-refractivity contribution in [3.05, 3.63) is 70.1 Å². The Balaban J connectivity index is 1.60. The Kier molecular flexibility index (Phi) is 8.05. The van der Waals surface area contributed by atoms with Crippen LogP contribution in [0.25, 0.3) is 38.8 Å². The summed E-state index contributed by atoms with van der Waals surface area (Å²) in [5.74, 6) is -0.122. The third-order valence-corrected chi connectivity index (χ3v) is 9.91. The normalized spacial score (nSPS) is 18.1. The molecule has 2 aliphatic heterocycles. The number of urea groups is 1. The first-order valence-corrected chi connectivity index (χ1v) is 16.1. The van der Waals surface area contributed by atoms with Gasteiger partial charge < -0.3 is 19.7 Å². The number of hydrogen-bond donors (Lipinski definition) is 1. The molecule has 13 heteroatoms. The summed E-state index contributed by atoms with van der Waals surface area (Å²) < 4.78 is 21.1. The lowest BCUT2D eigenvalue weighted by Crippen LogP contribution is -2.39. The first-order chi connectivity index (χ1) is 22.3. The van der Waals surface area contributed by atoms with Crippen LogP contribution in [-0.2, 0) is 6.42 Å². The number of nitrogens with zero attached hydrogens (tertiary/aromatic N) is 8. The minimum Gasteiger partial charge on any atom is -0.337 e. The van der Waals surface area contributed by atoms with E-state index in [0.717, 1.165) is 48.9 Å². The van der Waals surface area contributed by atoms with Crippen molar-refractivity contribution in [3.8, 4) is 23.0 Å². The van der Waals surface area contributed by atoms with Crippen molar-refractivity contribution < 1.29 is 9.18 Å². The summed E-state index contributed by atoms with van der Waals surface area (Å²) in [5, 5.41) is 19.4. The average molecular weight is 661 g/mol. The van der Waals surface area contributed by atoms with E-state index in [1.54, 1.807) is 48.2 Å². The average Bonchev–Trinajstić information content (AvgIpc) is 3.87. The van der Waals surface area contributed by atoms with Crippen molar-refractivity contribution >= 4 is 51.0 Å². The van der Waals surface area contributed by atoms with Crippen LogP contribution in [-0.4, -0.2) is 73.9 Å². The molecule has 0 aliphatic carbocycles. The van der Waals surface area contributed by atoms with Gasteiger partial charge in [-0.2, -0.15) is 10.4 Å². The number of aromatic nitrogens is 5. The molecular weight excluding hydrogens is 628 g/mol. The Morgan fingerprint density at radius 3 is 2.78 bits per heavy atom. The third kappa shape index (κ3) is 4.96. The number of rotatable bonds is 6. The second-order valence-corrected chi connectivity index (χ2v) is 12.8. The molecule has 236 valence electrons. The van der Waals surface area contributed by atoms with Gasteiger partial charge in [0.15, 0.2) is 11.6 Å². The van der Waals surface area contributed by atoms with Gasteiger partial charge in [-0.05, 0) is 56.0 Å². The molecule has 2 unspecified atom stereocenters. The lowest BCUT2D eigenvalue weighted by atomic mass is 9.93. The predicted molar refractivity (Wildman–Crippen MR) is 176 cm³/mol. The Morgan fingerprint density at radius 2 is 2.07 bits per heavy atom. The van der Waals surface area contributed by atoms with Gasteiger partial charge in [-0.3, -0.25) is 0 Å². The minimum atomic E-state index is -0.554. The molecule has 46 heavy (non-hydrogen) atoms. The standard InChI is InChI=1S/C33H32Cl2FN9O/c1-42(2)33(46)43-13-5-9-25(43)26-15-23-31(45(26)20-10-12-38-16-20)22-14-19(6-4-11-37)27(21-7-3-8-24(34)28(21)35)29(36)30(22)41-32(23)44-18-39-17-40-44/h3,7-8,14-15,17-18,20,25,38H,4-6,9-10,12-13,16H2,1-2H3. The van der Waals surface area contributed by atoms with E-state index >= 15 is 4.39 Å². The van der Waals surface area contributed by atoms with Crippen LogP contribution < -0.4 is 5.32 Å².